The summed E-state index contributed by atoms with van der Waals surface area (Å²) < 4.78 is 32.6. The molecule has 8 nitrogen and oxygen atoms in total. The van der Waals surface area contributed by atoms with Crippen LogP contribution in [0.15, 0.2) is 37.2 Å². The van der Waals surface area contributed by atoms with Gasteiger partial charge < -0.3 is 10.1 Å². The first-order chi connectivity index (χ1) is 12.3. The Labute approximate surface area is 151 Å². The molecule has 2 N–H and O–H groups in total. The third-order valence-electron chi connectivity index (χ3n) is 4.08. The van der Waals surface area contributed by atoms with E-state index in [-0.39, 0.29) is 23.9 Å². The van der Waals surface area contributed by atoms with Crippen LogP contribution in [0.1, 0.15) is 23.5 Å². The SMILES string of the molecule is C=CCn1cc(C2CC(=O)Nc3cc(NS(C)(=O)=O)c(OC)cc32)cn1. The summed E-state index contributed by atoms with van der Waals surface area (Å²) in [5.74, 6) is 0.0433. The number of allylic oxidation sites excluding steroid dienone is 1. The number of hydrogen-bond donors (Lipinski definition) is 2. The third kappa shape index (κ3) is 3.72. The van der Waals surface area contributed by atoms with Crippen LogP contribution in [-0.2, 0) is 21.4 Å². The van der Waals surface area contributed by atoms with Crippen molar-refractivity contribution >= 4 is 27.3 Å². The van der Waals surface area contributed by atoms with Gasteiger partial charge in [-0.15, -0.1) is 6.58 Å². The first-order valence-corrected chi connectivity index (χ1v) is 9.82. The van der Waals surface area contributed by atoms with E-state index in [1.807, 2.05) is 6.20 Å². The van der Waals surface area contributed by atoms with Gasteiger partial charge in [0.05, 0.1) is 31.8 Å². The second-order valence-corrected chi connectivity index (χ2v) is 7.85. The highest BCUT2D eigenvalue weighted by Crippen LogP contribution is 2.42. The number of methoxy groups -OCH3 is 1. The Hall–Kier alpha value is -2.81. The number of amides is 1. The summed E-state index contributed by atoms with van der Waals surface area (Å²) >= 11 is 0. The largest absolute Gasteiger partial charge is 0.495 e. The van der Waals surface area contributed by atoms with Gasteiger partial charge in [0.15, 0.2) is 0 Å². The topological polar surface area (TPSA) is 102 Å². The molecule has 1 unspecified atom stereocenters. The Morgan fingerprint density at radius 3 is 2.92 bits per heavy atom. The summed E-state index contributed by atoms with van der Waals surface area (Å²) in [6.07, 6.45) is 6.68. The Morgan fingerprint density at radius 1 is 1.50 bits per heavy atom. The Balaban J connectivity index is 2.07. The van der Waals surface area contributed by atoms with Crippen molar-refractivity contribution in [3.63, 3.8) is 0 Å². The maximum Gasteiger partial charge on any atom is 0.229 e. The summed E-state index contributed by atoms with van der Waals surface area (Å²) in [5, 5.41) is 7.07. The van der Waals surface area contributed by atoms with Gasteiger partial charge in [0, 0.05) is 24.2 Å². The van der Waals surface area contributed by atoms with Crippen molar-refractivity contribution < 1.29 is 17.9 Å². The van der Waals surface area contributed by atoms with Gasteiger partial charge in [0.2, 0.25) is 15.9 Å². The first kappa shape index (κ1) is 18.0. The van der Waals surface area contributed by atoms with Crippen LogP contribution in [-0.4, -0.2) is 37.5 Å². The number of nitrogens with zero attached hydrogens (tertiary/aromatic N) is 2. The predicted octanol–water partition coefficient (Wildman–Crippen LogP) is 1.92. The number of aromatic nitrogens is 2. The first-order valence-electron chi connectivity index (χ1n) is 7.93. The van der Waals surface area contributed by atoms with Crippen molar-refractivity contribution in [1.82, 2.24) is 9.78 Å². The average Bonchev–Trinajstić information content (AvgIpc) is 3.01. The number of ether oxygens (including phenoxy) is 1. The second-order valence-electron chi connectivity index (χ2n) is 6.10. The van der Waals surface area contributed by atoms with Crippen molar-refractivity contribution in [2.75, 3.05) is 23.4 Å². The van der Waals surface area contributed by atoms with Crippen molar-refractivity contribution in [1.29, 1.82) is 0 Å². The number of anilines is 2. The quantitative estimate of drug-likeness (QED) is 0.750. The standard InChI is InChI=1S/C17H20N4O4S/c1-4-5-21-10-11(9-18-21)12-7-17(22)19-14-8-15(20-26(3,23)24)16(25-2)6-13(12)14/h4,6,8-10,12,20H,1,5,7H2,2-3H3,(H,19,22). The molecule has 1 atom stereocenters. The van der Waals surface area contributed by atoms with E-state index in [0.717, 1.165) is 17.4 Å². The van der Waals surface area contributed by atoms with Gasteiger partial charge in [0.25, 0.3) is 0 Å². The number of sulfonamides is 1. The zero-order valence-corrected chi connectivity index (χ0v) is 15.3. The van der Waals surface area contributed by atoms with Crippen LogP contribution in [0.3, 0.4) is 0 Å². The molecule has 26 heavy (non-hydrogen) atoms. The fraction of sp³-hybridized carbons (Fsp3) is 0.294. The smallest absolute Gasteiger partial charge is 0.229 e. The van der Waals surface area contributed by atoms with Gasteiger partial charge in [-0.3, -0.25) is 14.2 Å². The minimum Gasteiger partial charge on any atom is -0.495 e. The zero-order valence-electron chi connectivity index (χ0n) is 14.5. The van der Waals surface area contributed by atoms with Crippen LogP contribution >= 0.6 is 0 Å². The van der Waals surface area contributed by atoms with Gasteiger partial charge >= 0.3 is 0 Å². The fourth-order valence-corrected chi connectivity index (χ4v) is 3.59. The Bertz CT molecular complexity index is 965. The summed E-state index contributed by atoms with van der Waals surface area (Å²) in [6, 6.07) is 3.32. The van der Waals surface area contributed by atoms with E-state index in [1.165, 1.54) is 7.11 Å². The molecule has 138 valence electrons. The Morgan fingerprint density at radius 2 is 2.27 bits per heavy atom. The van der Waals surface area contributed by atoms with Gasteiger partial charge in [-0.2, -0.15) is 5.10 Å². The zero-order chi connectivity index (χ0) is 18.9. The lowest BCUT2D eigenvalue weighted by molar-refractivity contribution is -0.116. The normalized spacial score (nSPS) is 16.5. The number of benzene rings is 1. The van der Waals surface area contributed by atoms with E-state index in [4.69, 9.17) is 4.74 Å². The summed E-state index contributed by atoms with van der Waals surface area (Å²) in [7, 11) is -2.02. The van der Waals surface area contributed by atoms with E-state index in [2.05, 4.69) is 21.7 Å². The van der Waals surface area contributed by atoms with Crippen molar-refractivity contribution in [3.8, 4) is 5.75 Å². The van der Waals surface area contributed by atoms with Crippen molar-refractivity contribution in [2.45, 2.75) is 18.9 Å². The molecule has 0 saturated carbocycles. The number of hydrogen-bond acceptors (Lipinski definition) is 5. The average molecular weight is 376 g/mol. The summed E-state index contributed by atoms with van der Waals surface area (Å²) in [5.41, 5.74) is 2.57. The molecule has 1 aromatic heterocycles. The molecule has 0 bridgehead atoms. The van der Waals surface area contributed by atoms with Crippen LogP contribution in [0.4, 0.5) is 11.4 Å². The Kier molecular flexibility index (Phi) is 4.73. The maximum absolute atomic E-state index is 12.2. The van der Waals surface area contributed by atoms with Crippen LogP contribution in [0, 0.1) is 0 Å². The highest BCUT2D eigenvalue weighted by atomic mass is 32.2. The van der Waals surface area contributed by atoms with Crippen molar-refractivity contribution in [3.05, 3.63) is 48.3 Å². The second kappa shape index (κ2) is 6.83. The molecule has 3 rings (SSSR count). The summed E-state index contributed by atoms with van der Waals surface area (Å²) in [4.78, 5) is 12.2. The molecule has 1 amide bonds. The third-order valence-corrected chi connectivity index (χ3v) is 4.67. The minimum atomic E-state index is -3.48. The van der Waals surface area contributed by atoms with Crippen molar-refractivity contribution in [2.24, 2.45) is 0 Å². The molecule has 2 aromatic rings. The van der Waals surface area contributed by atoms with E-state index < -0.39 is 10.0 Å². The van der Waals surface area contributed by atoms with Crippen LogP contribution in [0.2, 0.25) is 0 Å². The molecule has 1 aromatic carbocycles. The molecule has 0 radical (unpaired) electrons. The van der Waals surface area contributed by atoms with E-state index in [9.17, 15) is 13.2 Å². The monoisotopic (exact) mass is 376 g/mol. The number of carbonyl (C=O) groups is 1. The molecule has 0 saturated heterocycles. The van der Waals surface area contributed by atoms with Crippen LogP contribution in [0.5, 0.6) is 5.75 Å². The maximum atomic E-state index is 12.2. The number of fused-ring (bicyclic) bond motifs is 1. The van der Waals surface area contributed by atoms with Crippen LogP contribution < -0.4 is 14.8 Å². The lowest BCUT2D eigenvalue weighted by Crippen LogP contribution is -2.24. The predicted molar refractivity (Wildman–Crippen MR) is 99.0 cm³/mol. The molecule has 9 heteroatoms. The molecule has 0 fully saturated rings. The molecule has 1 aliphatic rings. The fourth-order valence-electron chi connectivity index (χ4n) is 3.03. The lowest BCUT2D eigenvalue weighted by atomic mass is 9.86. The molecular weight excluding hydrogens is 356 g/mol. The molecular formula is C17H20N4O4S. The number of rotatable bonds is 6. The molecule has 2 heterocycles. The molecule has 0 spiro atoms. The van der Waals surface area contributed by atoms with Gasteiger partial charge in [-0.1, -0.05) is 6.08 Å². The highest BCUT2D eigenvalue weighted by molar-refractivity contribution is 7.92. The minimum absolute atomic E-state index is 0.144. The van der Waals surface area contributed by atoms with E-state index >= 15 is 0 Å². The lowest BCUT2D eigenvalue weighted by Gasteiger charge is -2.26. The van der Waals surface area contributed by atoms with Gasteiger partial charge in [-0.05, 0) is 23.3 Å². The molecule has 0 aliphatic carbocycles. The molecule has 1 aliphatic heterocycles. The van der Waals surface area contributed by atoms with Gasteiger partial charge in [-0.25, -0.2) is 8.42 Å². The van der Waals surface area contributed by atoms with Crippen LogP contribution in [0.25, 0.3) is 0 Å². The number of carbonyl (C=O) groups excluding carboxylic acids is 1. The number of nitrogens with one attached hydrogen (secondary N) is 2. The van der Waals surface area contributed by atoms with Gasteiger partial charge in [0.1, 0.15) is 5.75 Å². The summed E-state index contributed by atoms with van der Waals surface area (Å²) in [6.45, 7) is 4.27. The highest BCUT2D eigenvalue weighted by Gasteiger charge is 2.29. The van der Waals surface area contributed by atoms with E-state index in [0.29, 0.717) is 18.0 Å². The van der Waals surface area contributed by atoms with E-state index in [1.54, 1.807) is 29.1 Å².